The van der Waals surface area contributed by atoms with Crippen molar-refractivity contribution in [2.24, 2.45) is 0 Å². The molecular weight excluding hydrogens is 184 g/mol. The Kier molecular flexibility index (Phi) is 3.13. The van der Waals surface area contributed by atoms with E-state index in [1.54, 1.807) is 0 Å². The van der Waals surface area contributed by atoms with Gasteiger partial charge >= 0.3 is 0 Å². The van der Waals surface area contributed by atoms with Crippen LogP contribution in [0.25, 0.3) is 0 Å². The molecule has 1 radical (unpaired) electrons. The predicted octanol–water partition coefficient (Wildman–Crippen LogP) is 3.94. The first-order valence-electron chi connectivity index (χ1n) is 5.40. The normalized spacial score (nSPS) is 12.2. The number of hydrogen-bond acceptors (Lipinski definition) is 1. The van der Waals surface area contributed by atoms with Crippen molar-refractivity contribution in [3.63, 3.8) is 0 Å². The van der Waals surface area contributed by atoms with Crippen LogP contribution in [0.15, 0.2) is 12.1 Å². The molecule has 0 spiro atoms. The molecule has 1 aromatic carbocycles. The molecule has 0 aliphatic rings. The van der Waals surface area contributed by atoms with Gasteiger partial charge in [0.1, 0.15) is 5.75 Å². The summed E-state index contributed by atoms with van der Waals surface area (Å²) >= 11 is 0. The van der Waals surface area contributed by atoms with E-state index in [-0.39, 0.29) is 11.3 Å². The van der Waals surface area contributed by atoms with Gasteiger partial charge in [-0.25, -0.2) is 0 Å². The third kappa shape index (κ3) is 2.53. The molecule has 0 fully saturated rings. The summed E-state index contributed by atoms with van der Waals surface area (Å²) in [6.07, 6.45) is 0. The van der Waals surface area contributed by atoms with E-state index in [4.69, 9.17) is 0 Å². The van der Waals surface area contributed by atoms with Crippen LogP contribution in [0, 0.1) is 13.8 Å². The minimum Gasteiger partial charge on any atom is -0.508 e. The zero-order valence-corrected chi connectivity index (χ0v) is 10.4. The summed E-state index contributed by atoms with van der Waals surface area (Å²) in [5.41, 5.74) is 3.31. The van der Waals surface area contributed by atoms with Gasteiger partial charge < -0.3 is 5.11 Å². The van der Waals surface area contributed by atoms with E-state index in [0.29, 0.717) is 5.75 Å². The highest BCUT2D eigenvalue weighted by molar-refractivity contribution is 5.46. The lowest BCUT2D eigenvalue weighted by Gasteiger charge is -2.23. The second-order valence-electron chi connectivity index (χ2n) is 5.38. The molecule has 1 nitrogen and oxygen atoms in total. The molecule has 0 heterocycles. The molecule has 0 aliphatic heterocycles. The van der Waals surface area contributed by atoms with Crippen LogP contribution in [0.4, 0.5) is 0 Å². The van der Waals surface area contributed by atoms with E-state index in [0.717, 1.165) is 11.1 Å². The molecular formula is C14H21O. The number of rotatable bonds is 1. The highest BCUT2D eigenvalue weighted by Crippen LogP contribution is 2.34. The summed E-state index contributed by atoms with van der Waals surface area (Å²) in [5.74, 6) is 0.649. The van der Waals surface area contributed by atoms with Gasteiger partial charge in [-0.2, -0.15) is 0 Å². The van der Waals surface area contributed by atoms with Crippen LogP contribution in [0.2, 0.25) is 0 Å². The fraction of sp³-hybridized carbons (Fsp3) is 0.500. The Bertz CT molecular complexity index is 356. The first-order valence-corrected chi connectivity index (χ1v) is 5.40. The quantitative estimate of drug-likeness (QED) is 0.736. The van der Waals surface area contributed by atoms with Crippen molar-refractivity contribution >= 4 is 0 Å². The van der Waals surface area contributed by atoms with Gasteiger partial charge in [0.05, 0.1) is 0 Å². The van der Waals surface area contributed by atoms with Crippen molar-refractivity contribution < 1.29 is 5.11 Å². The van der Waals surface area contributed by atoms with Gasteiger partial charge in [-0.1, -0.05) is 33.8 Å². The van der Waals surface area contributed by atoms with Gasteiger partial charge in [-0.15, -0.1) is 0 Å². The van der Waals surface area contributed by atoms with Crippen molar-refractivity contribution in [2.45, 2.75) is 46.0 Å². The molecule has 1 heteroatoms. The van der Waals surface area contributed by atoms with Crippen LogP contribution >= 0.6 is 0 Å². The first kappa shape index (κ1) is 12.1. The summed E-state index contributed by atoms with van der Waals surface area (Å²) < 4.78 is 0. The van der Waals surface area contributed by atoms with Gasteiger partial charge in [0, 0.05) is 0 Å². The van der Waals surface area contributed by atoms with E-state index in [9.17, 15) is 5.11 Å². The molecule has 0 amide bonds. The van der Waals surface area contributed by atoms with Gasteiger partial charge in [-0.05, 0) is 47.9 Å². The third-order valence-corrected chi connectivity index (χ3v) is 2.72. The molecule has 83 valence electrons. The second-order valence-corrected chi connectivity index (χ2v) is 5.38. The largest absolute Gasteiger partial charge is 0.508 e. The van der Waals surface area contributed by atoms with Gasteiger partial charge in [0.2, 0.25) is 0 Å². The van der Waals surface area contributed by atoms with Crippen LogP contribution in [-0.2, 0) is 5.41 Å². The van der Waals surface area contributed by atoms with Crippen LogP contribution < -0.4 is 0 Å². The summed E-state index contributed by atoms with van der Waals surface area (Å²) in [4.78, 5) is 0. The number of hydrogen-bond donors (Lipinski definition) is 1. The Hall–Kier alpha value is -0.980. The van der Waals surface area contributed by atoms with Crippen LogP contribution in [0.5, 0.6) is 5.75 Å². The molecule has 0 saturated heterocycles. The number of phenols is 1. The lowest BCUT2D eigenvalue weighted by molar-refractivity contribution is 0.445. The Labute approximate surface area is 93.1 Å². The van der Waals surface area contributed by atoms with Crippen LogP contribution in [-0.4, -0.2) is 5.11 Å². The fourth-order valence-corrected chi connectivity index (χ4v) is 1.84. The molecule has 0 aliphatic carbocycles. The van der Waals surface area contributed by atoms with Gasteiger partial charge in [-0.3, -0.25) is 0 Å². The Balaban J connectivity index is 3.37. The van der Waals surface area contributed by atoms with Gasteiger partial charge in [0.25, 0.3) is 0 Å². The average Bonchev–Trinajstić information content (AvgIpc) is 2.00. The van der Waals surface area contributed by atoms with E-state index in [1.807, 2.05) is 13.0 Å². The SMILES string of the molecule is [CH2]C(C)c1cc(C(C)(C)C)c(O)cc1C. The van der Waals surface area contributed by atoms with Crippen molar-refractivity contribution in [3.8, 4) is 5.75 Å². The number of aryl methyl sites for hydroxylation is 1. The highest BCUT2D eigenvalue weighted by atomic mass is 16.3. The Morgan fingerprint density at radius 1 is 1.27 bits per heavy atom. The number of phenolic OH excluding ortho intramolecular Hbond substituents is 1. The Morgan fingerprint density at radius 2 is 1.80 bits per heavy atom. The topological polar surface area (TPSA) is 20.2 Å². The van der Waals surface area contributed by atoms with Gasteiger partial charge in [0.15, 0.2) is 0 Å². The summed E-state index contributed by atoms with van der Waals surface area (Å²) in [5, 5.41) is 9.91. The van der Waals surface area contributed by atoms with E-state index < -0.39 is 0 Å². The molecule has 1 rings (SSSR count). The minimum atomic E-state index is -0.0264. The molecule has 0 bridgehead atoms. The first-order chi connectivity index (χ1) is 6.73. The lowest BCUT2D eigenvalue weighted by Crippen LogP contribution is -2.12. The van der Waals surface area contributed by atoms with Crippen molar-refractivity contribution in [3.05, 3.63) is 35.7 Å². The predicted molar refractivity (Wildman–Crippen MR) is 65.3 cm³/mol. The van der Waals surface area contributed by atoms with Crippen molar-refractivity contribution in [2.75, 3.05) is 0 Å². The van der Waals surface area contributed by atoms with Crippen LogP contribution in [0.3, 0.4) is 0 Å². The second kappa shape index (κ2) is 3.88. The van der Waals surface area contributed by atoms with E-state index >= 15 is 0 Å². The maximum absolute atomic E-state index is 9.91. The summed E-state index contributed by atoms with van der Waals surface area (Å²) in [6, 6.07) is 3.93. The lowest BCUT2D eigenvalue weighted by atomic mass is 9.83. The van der Waals surface area contributed by atoms with E-state index in [2.05, 4.69) is 40.7 Å². The summed E-state index contributed by atoms with van der Waals surface area (Å²) in [7, 11) is 0. The van der Waals surface area contributed by atoms with Crippen molar-refractivity contribution in [1.82, 2.24) is 0 Å². The Morgan fingerprint density at radius 3 is 2.20 bits per heavy atom. The fourth-order valence-electron chi connectivity index (χ4n) is 1.84. The monoisotopic (exact) mass is 205 g/mol. The van der Waals surface area contributed by atoms with Crippen molar-refractivity contribution in [1.29, 1.82) is 0 Å². The zero-order valence-electron chi connectivity index (χ0n) is 10.4. The standard InChI is InChI=1S/C14H21O/c1-9(2)11-8-12(14(4,5)6)13(15)7-10(11)3/h7-9,15H,1H2,2-6H3. The molecule has 15 heavy (non-hydrogen) atoms. The number of benzene rings is 1. The average molecular weight is 205 g/mol. The highest BCUT2D eigenvalue weighted by Gasteiger charge is 2.20. The minimum absolute atomic E-state index is 0.0264. The molecule has 0 aromatic heterocycles. The smallest absolute Gasteiger partial charge is 0.119 e. The maximum Gasteiger partial charge on any atom is 0.119 e. The van der Waals surface area contributed by atoms with E-state index in [1.165, 1.54) is 5.56 Å². The molecule has 0 saturated carbocycles. The number of aromatic hydroxyl groups is 1. The molecule has 1 unspecified atom stereocenters. The zero-order chi connectivity index (χ0) is 11.8. The molecule has 1 atom stereocenters. The summed E-state index contributed by atoms with van der Waals surface area (Å²) in [6.45, 7) is 14.5. The molecule has 1 aromatic rings. The third-order valence-electron chi connectivity index (χ3n) is 2.72. The molecule has 1 N–H and O–H groups in total. The van der Waals surface area contributed by atoms with Crippen LogP contribution in [0.1, 0.15) is 50.3 Å². The maximum atomic E-state index is 9.91.